The number of benzene rings is 1. The average molecular weight is 312 g/mol. The van der Waals surface area contributed by atoms with Crippen molar-refractivity contribution in [3.63, 3.8) is 0 Å². The van der Waals surface area contributed by atoms with E-state index in [1.54, 1.807) is 24.3 Å². The first kappa shape index (κ1) is 14.4. The number of nitrogens with one attached hydrogen (secondary N) is 1. The first-order valence-electron chi connectivity index (χ1n) is 5.38. The van der Waals surface area contributed by atoms with Gasteiger partial charge in [-0.2, -0.15) is 0 Å². The molecule has 1 amide bonds. The molecule has 0 bridgehead atoms. The summed E-state index contributed by atoms with van der Waals surface area (Å²) in [6.45, 7) is 3.58. The van der Waals surface area contributed by atoms with Gasteiger partial charge in [-0.25, -0.2) is 4.79 Å². The topological polar surface area (TPSA) is 55.4 Å². The Morgan fingerprint density at radius 3 is 2.61 bits per heavy atom. The zero-order valence-electron chi connectivity index (χ0n) is 9.77. The van der Waals surface area contributed by atoms with Gasteiger partial charge in [0.1, 0.15) is 12.6 Å². The van der Waals surface area contributed by atoms with Crippen molar-refractivity contribution >= 4 is 27.8 Å². The first-order valence-corrected chi connectivity index (χ1v) is 6.50. The highest BCUT2D eigenvalue weighted by molar-refractivity contribution is 9.09. The number of alkyl halides is 1. The summed E-state index contributed by atoms with van der Waals surface area (Å²) in [7, 11) is 0. The van der Waals surface area contributed by atoms with E-state index in [2.05, 4.69) is 27.8 Å². The fourth-order valence-corrected chi connectivity index (χ4v) is 1.66. The zero-order valence-corrected chi connectivity index (χ0v) is 11.4. The van der Waals surface area contributed by atoms with Crippen molar-refractivity contribution in [1.82, 2.24) is 5.32 Å². The first-order chi connectivity index (χ1) is 8.69. The van der Waals surface area contributed by atoms with Crippen LogP contribution in [-0.4, -0.2) is 29.9 Å². The van der Waals surface area contributed by atoms with E-state index >= 15 is 0 Å². The molecule has 0 aliphatic carbocycles. The minimum Gasteiger partial charge on any atom is -0.460 e. The molecule has 0 fully saturated rings. The lowest BCUT2D eigenvalue weighted by atomic mass is 10.2. The van der Waals surface area contributed by atoms with E-state index in [4.69, 9.17) is 4.74 Å². The monoisotopic (exact) mass is 311 g/mol. The van der Waals surface area contributed by atoms with Gasteiger partial charge in [-0.1, -0.05) is 46.8 Å². The fraction of sp³-hybridized carbons (Fsp3) is 0.231. The molecule has 1 aromatic rings. The van der Waals surface area contributed by atoms with Gasteiger partial charge in [0, 0.05) is 10.9 Å². The molecule has 0 aliphatic rings. The van der Waals surface area contributed by atoms with E-state index in [0.29, 0.717) is 10.9 Å². The summed E-state index contributed by atoms with van der Waals surface area (Å²) in [6.07, 6.45) is 1.47. The van der Waals surface area contributed by atoms with Crippen molar-refractivity contribution in [2.45, 2.75) is 6.04 Å². The van der Waals surface area contributed by atoms with E-state index in [9.17, 15) is 9.59 Å². The summed E-state index contributed by atoms with van der Waals surface area (Å²) in [5, 5.41) is 2.89. The lowest BCUT2D eigenvalue weighted by Crippen LogP contribution is -2.43. The molecule has 0 aliphatic heterocycles. The second-order valence-corrected chi connectivity index (χ2v) is 4.11. The zero-order chi connectivity index (χ0) is 13.4. The molecule has 0 saturated carbocycles. The molecule has 0 unspecified atom stereocenters. The summed E-state index contributed by atoms with van der Waals surface area (Å²) < 4.78 is 4.88. The summed E-state index contributed by atoms with van der Waals surface area (Å²) >= 11 is 3.17. The van der Waals surface area contributed by atoms with E-state index < -0.39 is 12.0 Å². The van der Waals surface area contributed by atoms with Gasteiger partial charge in [0.15, 0.2) is 0 Å². The van der Waals surface area contributed by atoms with Gasteiger partial charge in [0.05, 0.1) is 0 Å². The number of ether oxygens (including phenoxy) is 1. The van der Waals surface area contributed by atoms with Crippen LogP contribution in [0.2, 0.25) is 0 Å². The molecule has 4 nitrogen and oxygen atoms in total. The second-order valence-electron chi connectivity index (χ2n) is 3.47. The Labute approximate surface area is 114 Å². The Morgan fingerprint density at radius 1 is 1.39 bits per heavy atom. The number of hydrogen-bond donors (Lipinski definition) is 1. The van der Waals surface area contributed by atoms with Gasteiger partial charge in [-0.15, -0.1) is 0 Å². The third kappa shape index (κ3) is 4.33. The van der Waals surface area contributed by atoms with Crippen LogP contribution in [0.25, 0.3) is 0 Å². The Kier molecular flexibility index (Phi) is 6.14. The van der Waals surface area contributed by atoms with Crippen LogP contribution < -0.4 is 5.32 Å². The number of hydrogen-bond acceptors (Lipinski definition) is 3. The Balaban J connectivity index is 2.60. The van der Waals surface area contributed by atoms with Crippen LogP contribution in [-0.2, 0) is 9.53 Å². The van der Waals surface area contributed by atoms with E-state index in [1.807, 2.05) is 6.07 Å². The van der Waals surface area contributed by atoms with Gasteiger partial charge in [0.25, 0.3) is 5.91 Å². The normalized spacial score (nSPS) is 11.4. The molecular weight excluding hydrogens is 298 g/mol. The number of amides is 1. The third-order valence-electron chi connectivity index (χ3n) is 2.12. The number of rotatable bonds is 6. The summed E-state index contributed by atoms with van der Waals surface area (Å²) in [4.78, 5) is 23.4. The number of carbonyl (C=O) groups is 2. The molecular formula is C13H14BrNO3. The summed E-state index contributed by atoms with van der Waals surface area (Å²) in [5.41, 5.74) is 0.500. The number of esters is 1. The van der Waals surface area contributed by atoms with Gasteiger partial charge in [-0.05, 0) is 12.1 Å². The van der Waals surface area contributed by atoms with Crippen LogP contribution in [0.3, 0.4) is 0 Å². The Bertz CT molecular complexity index is 420. The average Bonchev–Trinajstić information content (AvgIpc) is 2.42. The fourth-order valence-electron chi connectivity index (χ4n) is 1.23. The molecule has 0 heterocycles. The van der Waals surface area contributed by atoms with Gasteiger partial charge >= 0.3 is 5.97 Å². The molecule has 0 saturated heterocycles. The van der Waals surface area contributed by atoms with Crippen molar-refractivity contribution in [2.24, 2.45) is 0 Å². The van der Waals surface area contributed by atoms with Crippen LogP contribution in [0.4, 0.5) is 0 Å². The van der Waals surface area contributed by atoms with Crippen LogP contribution >= 0.6 is 15.9 Å². The smallest absolute Gasteiger partial charge is 0.329 e. The highest BCUT2D eigenvalue weighted by atomic mass is 79.9. The highest BCUT2D eigenvalue weighted by Gasteiger charge is 2.21. The maximum Gasteiger partial charge on any atom is 0.329 e. The molecule has 1 N–H and O–H groups in total. The third-order valence-corrected chi connectivity index (χ3v) is 2.77. The SMILES string of the molecule is C=CCOC(=O)[C@@H](CBr)NC(=O)c1ccccc1. The molecule has 96 valence electrons. The minimum absolute atomic E-state index is 0.129. The molecule has 0 radical (unpaired) electrons. The lowest BCUT2D eigenvalue weighted by Gasteiger charge is -2.14. The molecule has 1 rings (SSSR count). The molecule has 5 heteroatoms. The largest absolute Gasteiger partial charge is 0.460 e. The molecule has 1 aromatic carbocycles. The van der Waals surface area contributed by atoms with Crippen LogP contribution in [0, 0.1) is 0 Å². The minimum atomic E-state index is -0.711. The Hall–Kier alpha value is -1.62. The van der Waals surface area contributed by atoms with E-state index in [0.717, 1.165) is 0 Å². The van der Waals surface area contributed by atoms with Crippen LogP contribution in [0.5, 0.6) is 0 Å². The molecule has 0 spiro atoms. The van der Waals surface area contributed by atoms with Crippen molar-refractivity contribution in [2.75, 3.05) is 11.9 Å². The summed E-state index contributed by atoms with van der Waals surface area (Å²) in [6, 6.07) is 7.97. The predicted molar refractivity (Wildman–Crippen MR) is 72.6 cm³/mol. The quantitative estimate of drug-likeness (QED) is 0.496. The van der Waals surface area contributed by atoms with Gasteiger partial charge in [0.2, 0.25) is 0 Å². The maximum atomic E-state index is 11.8. The van der Waals surface area contributed by atoms with E-state index in [1.165, 1.54) is 6.08 Å². The van der Waals surface area contributed by atoms with Crippen molar-refractivity contribution in [1.29, 1.82) is 0 Å². The van der Waals surface area contributed by atoms with Gasteiger partial charge in [-0.3, -0.25) is 4.79 Å². The molecule has 0 aromatic heterocycles. The van der Waals surface area contributed by atoms with Crippen molar-refractivity contribution in [3.8, 4) is 0 Å². The Morgan fingerprint density at radius 2 is 2.06 bits per heavy atom. The van der Waals surface area contributed by atoms with Crippen LogP contribution in [0.15, 0.2) is 43.0 Å². The second kappa shape index (κ2) is 7.66. The highest BCUT2D eigenvalue weighted by Crippen LogP contribution is 2.01. The number of carbonyl (C=O) groups excluding carboxylic acids is 2. The van der Waals surface area contributed by atoms with Crippen molar-refractivity contribution in [3.05, 3.63) is 48.6 Å². The summed E-state index contributed by atoms with van der Waals surface area (Å²) in [5.74, 6) is -0.799. The predicted octanol–water partition coefficient (Wildman–Crippen LogP) is 1.91. The standard InChI is InChI=1S/C13H14BrNO3/c1-2-8-18-13(17)11(9-14)15-12(16)10-6-4-3-5-7-10/h2-7,11H,1,8-9H2,(H,15,16)/t11-/m1/s1. The van der Waals surface area contributed by atoms with E-state index in [-0.39, 0.29) is 12.5 Å². The number of halogens is 1. The lowest BCUT2D eigenvalue weighted by molar-refractivity contribution is -0.144. The van der Waals surface area contributed by atoms with Crippen molar-refractivity contribution < 1.29 is 14.3 Å². The molecule has 1 atom stereocenters. The molecule has 18 heavy (non-hydrogen) atoms. The van der Waals surface area contributed by atoms with Crippen LogP contribution in [0.1, 0.15) is 10.4 Å². The maximum absolute atomic E-state index is 11.8. The van der Waals surface area contributed by atoms with Gasteiger partial charge < -0.3 is 10.1 Å².